The SMILES string of the molecule is COCC(CC(=O)c1ccc(Cl)cc1)OC. The lowest BCUT2D eigenvalue weighted by Crippen LogP contribution is -2.21. The molecule has 1 aromatic carbocycles. The van der Waals surface area contributed by atoms with Gasteiger partial charge in [-0.25, -0.2) is 0 Å². The third-order valence-electron chi connectivity index (χ3n) is 2.27. The van der Waals surface area contributed by atoms with Crippen LogP contribution in [0.5, 0.6) is 0 Å². The van der Waals surface area contributed by atoms with E-state index in [0.717, 1.165) is 0 Å². The largest absolute Gasteiger partial charge is 0.382 e. The first kappa shape index (κ1) is 13.2. The van der Waals surface area contributed by atoms with Crippen LogP contribution in [0, 0.1) is 0 Å². The van der Waals surface area contributed by atoms with Gasteiger partial charge < -0.3 is 9.47 Å². The Kier molecular flexibility index (Phi) is 5.46. The quantitative estimate of drug-likeness (QED) is 0.720. The fourth-order valence-corrected chi connectivity index (χ4v) is 1.48. The van der Waals surface area contributed by atoms with Gasteiger partial charge in [0.25, 0.3) is 0 Å². The van der Waals surface area contributed by atoms with Crippen LogP contribution in [0.2, 0.25) is 5.02 Å². The third kappa shape index (κ3) is 3.93. The Morgan fingerprint density at radius 3 is 2.44 bits per heavy atom. The lowest BCUT2D eigenvalue weighted by atomic mass is 10.1. The lowest BCUT2D eigenvalue weighted by molar-refractivity contribution is 0.0238. The third-order valence-corrected chi connectivity index (χ3v) is 2.52. The van der Waals surface area contributed by atoms with Crippen LogP contribution in [-0.4, -0.2) is 32.7 Å². The lowest BCUT2D eigenvalue weighted by Gasteiger charge is -2.13. The van der Waals surface area contributed by atoms with Gasteiger partial charge in [-0.2, -0.15) is 0 Å². The zero-order valence-corrected chi connectivity index (χ0v) is 10.2. The van der Waals surface area contributed by atoms with Gasteiger partial charge in [0.15, 0.2) is 5.78 Å². The van der Waals surface area contributed by atoms with Crippen molar-refractivity contribution in [2.24, 2.45) is 0 Å². The Labute approximate surface area is 100 Å². The van der Waals surface area contributed by atoms with E-state index in [1.807, 2.05) is 0 Å². The number of Topliss-reactive ketones (excluding diaryl/α,β-unsaturated/α-hetero) is 1. The Morgan fingerprint density at radius 1 is 1.31 bits per heavy atom. The van der Waals surface area contributed by atoms with Crippen molar-refractivity contribution in [3.8, 4) is 0 Å². The van der Waals surface area contributed by atoms with Crippen molar-refractivity contribution in [2.45, 2.75) is 12.5 Å². The zero-order chi connectivity index (χ0) is 12.0. The number of carbonyl (C=O) groups excluding carboxylic acids is 1. The second-order valence-electron chi connectivity index (χ2n) is 3.45. The molecule has 0 aliphatic carbocycles. The average Bonchev–Trinajstić information content (AvgIpc) is 2.29. The number of methoxy groups -OCH3 is 2. The first-order chi connectivity index (χ1) is 7.67. The van der Waals surface area contributed by atoms with Crippen LogP contribution >= 0.6 is 11.6 Å². The van der Waals surface area contributed by atoms with E-state index in [1.54, 1.807) is 38.5 Å². The number of carbonyl (C=O) groups is 1. The highest BCUT2D eigenvalue weighted by Gasteiger charge is 2.14. The molecule has 0 N–H and O–H groups in total. The molecule has 0 saturated carbocycles. The standard InChI is InChI=1S/C12H15ClO3/c1-15-8-11(16-2)7-12(14)9-3-5-10(13)6-4-9/h3-6,11H,7-8H2,1-2H3. The fourth-order valence-electron chi connectivity index (χ4n) is 1.36. The Hall–Kier alpha value is -0.900. The summed E-state index contributed by atoms with van der Waals surface area (Å²) >= 11 is 5.74. The molecule has 16 heavy (non-hydrogen) atoms. The highest BCUT2D eigenvalue weighted by Crippen LogP contribution is 2.12. The molecule has 0 fully saturated rings. The van der Waals surface area contributed by atoms with E-state index in [2.05, 4.69) is 0 Å². The molecule has 0 saturated heterocycles. The van der Waals surface area contributed by atoms with Crippen molar-refractivity contribution in [1.82, 2.24) is 0 Å². The summed E-state index contributed by atoms with van der Waals surface area (Å²) in [4.78, 5) is 11.8. The van der Waals surface area contributed by atoms with E-state index in [-0.39, 0.29) is 11.9 Å². The van der Waals surface area contributed by atoms with Crippen molar-refractivity contribution in [3.63, 3.8) is 0 Å². The molecule has 0 aromatic heterocycles. The number of ether oxygens (including phenoxy) is 2. The van der Waals surface area contributed by atoms with E-state index in [0.29, 0.717) is 23.6 Å². The molecular formula is C12H15ClO3. The van der Waals surface area contributed by atoms with Gasteiger partial charge in [-0.3, -0.25) is 4.79 Å². The summed E-state index contributed by atoms with van der Waals surface area (Å²) in [6, 6.07) is 6.83. The van der Waals surface area contributed by atoms with Crippen molar-refractivity contribution in [2.75, 3.05) is 20.8 Å². The van der Waals surface area contributed by atoms with Crippen LogP contribution in [0.4, 0.5) is 0 Å². The molecule has 0 aliphatic heterocycles. The van der Waals surface area contributed by atoms with Crippen LogP contribution in [0.15, 0.2) is 24.3 Å². The molecule has 0 bridgehead atoms. The topological polar surface area (TPSA) is 35.5 Å². The minimum atomic E-state index is -0.201. The van der Waals surface area contributed by atoms with Gasteiger partial charge in [0.05, 0.1) is 12.7 Å². The minimum Gasteiger partial charge on any atom is -0.382 e. The average molecular weight is 243 g/mol. The summed E-state index contributed by atoms with van der Waals surface area (Å²) in [5, 5.41) is 0.622. The van der Waals surface area contributed by atoms with Gasteiger partial charge in [-0.15, -0.1) is 0 Å². The van der Waals surface area contributed by atoms with E-state index in [1.165, 1.54) is 0 Å². The van der Waals surface area contributed by atoms with Gasteiger partial charge in [0.1, 0.15) is 0 Å². The van der Waals surface area contributed by atoms with Crippen molar-refractivity contribution in [3.05, 3.63) is 34.9 Å². The highest BCUT2D eigenvalue weighted by atomic mass is 35.5. The van der Waals surface area contributed by atoms with Gasteiger partial charge in [-0.05, 0) is 24.3 Å². The molecule has 0 aliphatic rings. The van der Waals surface area contributed by atoms with Crippen molar-refractivity contribution >= 4 is 17.4 Å². The smallest absolute Gasteiger partial charge is 0.165 e. The summed E-state index contributed by atoms with van der Waals surface area (Å²) in [6.45, 7) is 0.413. The highest BCUT2D eigenvalue weighted by molar-refractivity contribution is 6.30. The van der Waals surface area contributed by atoms with Gasteiger partial charge in [-0.1, -0.05) is 11.6 Å². The summed E-state index contributed by atoms with van der Waals surface area (Å²) in [5.41, 5.74) is 0.641. The Balaban J connectivity index is 2.60. The second kappa shape index (κ2) is 6.63. The van der Waals surface area contributed by atoms with Gasteiger partial charge in [0, 0.05) is 31.2 Å². The number of hydrogen-bond donors (Lipinski definition) is 0. The first-order valence-electron chi connectivity index (χ1n) is 4.98. The molecule has 3 nitrogen and oxygen atoms in total. The fraction of sp³-hybridized carbons (Fsp3) is 0.417. The van der Waals surface area contributed by atoms with E-state index in [9.17, 15) is 4.79 Å². The van der Waals surface area contributed by atoms with Crippen LogP contribution in [0.3, 0.4) is 0 Å². The predicted molar refractivity (Wildman–Crippen MR) is 63.1 cm³/mol. The molecule has 1 atom stereocenters. The summed E-state index contributed by atoms with van der Waals surface area (Å²) in [6.07, 6.45) is 0.111. The van der Waals surface area contributed by atoms with Gasteiger partial charge >= 0.3 is 0 Å². The Bertz CT molecular complexity index is 335. The maximum Gasteiger partial charge on any atom is 0.165 e. The van der Waals surface area contributed by atoms with E-state index < -0.39 is 0 Å². The maximum atomic E-state index is 11.8. The minimum absolute atomic E-state index is 0.0283. The number of halogens is 1. The molecule has 1 unspecified atom stereocenters. The van der Waals surface area contributed by atoms with Crippen molar-refractivity contribution in [1.29, 1.82) is 0 Å². The maximum absolute atomic E-state index is 11.8. The number of ketones is 1. The molecular weight excluding hydrogens is 228 g/mol. The normalized spacial score (nSPS) is 12.4. The number of rotatable bonds is 6. The molecule has 4 heteroatoms. The molecule has 1 rings (SSSR count). The molecule has 0 radical (unpaired) electrons. The van der Waals surface area contributed by atoms with Crippen LogP contribution in [0.25, 0.3) is 0 Å². The summed E-state index contributed by atoms with van der Waals surface area (Å²) in [7, 11) is 3.15. The number of hydrogen-bond acceptors (Lipinski definition) is 3. The second-order valence-corrected chi connectivity index (χ2v) is 3.88. The molecule has 0 heterocycles. The van der Waals surface area contributed by atoms with Crippen LogP contribution in [0.1, 0.15) is 16.8 Å². The van der Waals surface area contributed by atoms with E-state index in [4.69, 9.17) is 21.1 Å². The first-order valence-corrected chi connectivity index (χ1v) is 5.35. The molecule has 88 valence electrons. The molecule has 0 spiro atoms. The summed E-state index contributed by atoms with van der Waals surface area (Å²) in [5.74, 6) is 0.0283. The predicted octanol–water partition coefficient (Wildman–Crippen LogP) is 2.57. The number of benzene rings is 1. The monoisotopic (exact) mass is 242 g/mol. The van der Waals surface area contributed by atoms with E-state index >= 15 is 0 Å². The van der Waals surface area contributed by atoms with Crippen LogP contribution < -0.4 is 0 Å². The van der Waals surface area contributed by atoms with Gasteiger partial charge in [0.2, 0.25) is 0 Å². The Morgan fingerprint density at radius 2 is 1.94 bits per heavy atom. The zero-order valence-electron chi connectivity index (χ0n) is 9.40. The molecule has 0 amide bonds. The van der Waals surface area contributed by atoms with Crippen molar-refractivity contribution < 1.29 is 14.3 Å². The summed E-state index contributed by atoms with van der Waals surface area (Å²) < 4.78 is 10.1. The molecule has 1 aromatic rings. The van der Waals surface area contributed by atoms with Crippen LogP contribution in [-0.2, 0) is 9.47 Å².